The Balaban J connectivity index is 1.58. The molecule has 0 aliphatic carbocycles. The average Bonchev–Trinajstić information content (AvgIpc) is 3.20. The fraction of sp³-hybridized carbons (Fsp3) is 0.348. The topological polar surface area (TPSA) is 43.8 Å². The van der Waals surface area contributed by atoms with E-state index in [2.05, 4.69) is 11.0 Å². The summed E-state index contributed by atoms with van der Waals surface area (Å²) in [6, 6.07) is 14.1. The Morgan fingerprint density at radius 2 is 1.93 bits per heavy atom. The quantitative estimate of drug-likeness (QED) is 0.612. The Morgan fingerprint density at radius 1 is 1.14 bits per heavy atom. The van der Waals surface area contributed by atoms with E-state index in [9.17, 15) is 0 Å². The van der Waals surface area contributed by atoms with Crippen molar-refractivity contribution < 1.29 is 14.2 Å². The zero-order valence-electron chi connectivity index (χ0n) is 16.4. The molecule has 5 nitrogen and oxygen atoms in total. The molecule has 5 rings (SSSR count). The Bertz CT molecular complexity index is 1040. The Kier molecular flexibility index (Phi) is 5.04. The number of hydrogen-bond acceptors (Lipinski definition) is 5. The number of halogens is 1. The summed E-state index contributed by atoms with van der Waals surface area (Å²) in [5.41, 5.74) is 4.13. The van der Waals surface area contributed by atoms with Crippen molar-refractivity contribution in [3.63, 3.8) is 0 Å². The third-order valence-corrected chi connectivity index (χ3v) is 5.95. The van der Waals surface area contributed by atoms with Crippen molar-refractivity contribution in [1.82, 2.24) is 9.88 Å². The van der Waals surface area contributed by atoms with E-state index in [4.69, 9.17) is 30.8 Å². The lowest BCUT2D eigenvalue weighted by Crippen LogP contribution is -2.38. The van der Waals surface area contributed by atoms with Crippen LogP contribution in [0.1, 0.15) is 18.4 Å². The molecule has 1 saturated heterocycles. The minimum Gasteiger partial charge on any atom is -0.454 e. The first-order valence-corrected chi connectivity index (χ1v) is 10.3. The van der Waals surface area contributed by atoms with E-state index < -0.39 is 0 Å². The lowest BCUT2D eigenvalue weighted by Gasteiger charge is -2.32. The molecule has 0 saturated carbocycles. The minimum absolute atomic E-state index is 0.259. The van der Waals surface area contributed by atoms with E-state index in [-0.39, 0.29) is 6.79 Å². The van der Waals surface area contributed by atoms with Crippen LogP contribution in [0.3, 0.4) is 0 Å². The van der Waals surface area contributed by atoms with Gasteiger partial charge in [0.2, 0.25) is 6.79 Å². The van der Waals surface area contributed by atoms with Gasteiger partial charge in [-0.3, -0.25) is 4.90 Å². The van der Waals surface area contributed by atoms with E-state index >= 15 is 0 Å². The van der Waals surface area contributed by atoms with Crippen molar-refractivity contribution in [3.05, 3.63) is 53.1 Å². The molecule has 0 unspecified atom stereocenters. The SMILES string of the molecule is CO[C@@H]1CCCN(Cc2cc3cc4c(cc3nc2-c2ccc(Cl)cc2)OCO4)C1. The van der Waals surface area contributed by atoms with Gasteiger partial charge < -0.3 is 14.2 Å². The second kappa shape index (κ2) is 7.82. The summed E-state index contributed by atoms with van der Waals surface area (Å²) in [5, 5.41) is 1.78. The van der Waals surface area contributed by atoms with E-state index in [0.29, 0.717) is 6.10 Å². The van der Waals surface area contributed by atoms with Gasteiger partial charge in [0.25, 0.3) is 0 Å². The number of pyridine rings is 1. The number of benzene rings is 2. The molecule has 1 atom stereocenters. The van der Waals surface area contributed by atoms with Gasteiger partial charge in [0.15, 0.2) is 11.5 Å². The van der Waals surface area contributed by atoms with Crippen LogP contribution in [0.15, 0.2) is 42.5 Å². The first-order valence-electron chi connectivity index (χ1n) is 9.94. The number of nitrogens with zero attached hydrogens (tertiary/aromatic N) is 2. The highest BCUT2D eigenvalue weighted by Gasteiger charge is 2.22. The van der Waals surface area contributed by atoms with Gasteiger partial charge in [-0.05, 0) is 49.2 Å². The van der Waals surface area contributed by atoms with Crippen LogP contribution >= 0.6 is 11.6 Å². The molecule has 1 aromatic heterocycles. The van der Waals surface area contributed by atoms with Crippen LogP contribution in [0.5, 0.6) is 11.5 Å². The largest absolute Gasteiger partial charge is 0.454 e. The number of ether oxygens (including phenoxy) is 3. The summed E-state index contributed by atoms with van der Waals surface area (Å²) in [5.74, 6) is 1.53. The van der Waals surface area contributed by atoms with Gasteiger partial charge in [-0.15, -0.1) is 0 Å². The number of likely N-dealkylation sites (tertiary alicyclic amines) is 1. The smallest absolute Gasteiger partial charge is 0.231 e. The van der Waals surface area contributed by atoms with E-state index in [0.717, 1.165) is 71.2 Å². The second-order valence-electron chi connectivity index (χ2n) is 7.64. The van der Waals surface area contributed by atoms with Crippen LogP contribution in [0, 0.1) is 0 Å². The highest BCUT2D eigenvalue weighted by molar-refractivity contribution is 6.30. The summed E-state index contributed by atoms with van der Waals surface area (Å²) < 4.78 is 16.7. The molecular formula is C23H23ClN2O3. The molecule has 150 valence electrons. The number of piperidine rings is 1. The Morgan fingerprint density at radius 3 is 2.72 bits per heavy atom. The van der Waals surface area contributed by atoms with E-state index in [1.807, 2.05) is 36.4 Å². The highest BCUT2D eigenvalue weighted by atomic mass is 35.5. The summed E-state index contributed by atoms with van der Waals surface area (Å²) in [6.45, 7) is 3.10. The third kappa shape index (κ3) is 3.78. The van der Waals surface area contributed by atoms with Crippen LogP contribution in [0.2, 0.25) is 5.02 Å². The fourth-order valence-electron chi connectivity index (χ4n) is 4.18. The Hall–Kier alpha value is -2.34. The summed E-state index contributed by atoms with van der Waals surface area (Å²) in [6.07, 6.45) is 2.57. The molecule has 0 radical (unpaired) electrons. The molecule has 0 amide bonds. The highest BCUT2D eigenvalue weighted by Crippen LogP contribution is 2.37. The molecule has 2 aromatic carbocycles. The van der Waals surface area contributed by atoms with Crippen molar-refractivity contribution in [1.29, 1.82) is 0 Å². The maximum Gasteiger partial charge on any atom is 0.231 e. The molecule has 2 aliphatic heterocycles. The predicted octanol–water partition coefficient (Wildman–Crippen LogP) is 4.89. The molecule has 0 spiro atoms. The predicted molar refractivity (Wildman–Crippen MR) is 114 cm³/mol. The van der Waals surface area contributed by atoms with Crippen LogP contribution in [0.25, 0.3) is 22.2 Å². The standard InChI is InChI=1S/C23H23ClN2O3/c1-27-19-3-2-8-26(13-19)12-17-9-16-10-21-22(29-14-28-21)11-20(16)25-23(17)15-4-6-18(24)7-5-15/h4-7,9-11,19H,2-3,8,12-14H2,1H3/t19-/m1/s1. The lowest BCUT2D eigenvalue weighted by molar-refractivity contribution is 0.0286. The van der Waals surface area contributed by atoms with Crippen LogP contribution < -0.4 is 9.47 Å². The van der Waals surface area contributed by atoms with E-state index in [1.54, 1.807) is 7.11 Å². The first-order chi connectivity index (χ1) is 14.2. The number of aromatic nitrogens is 1. The van der Waals surface area contributed by atoms with E-state index in [1.165, 1.54) is 5.56 Å². The molecule has 29 heavy (non-hydrogen) atoms. The zero-order valence-corrected chi connectivity index (χ0v) is 17.1. The number of hydrogen-bond donors (Lipinski definition) is 0. The van der Waals surface area contributed by atoms with Gasteiger partial charge in [0, 0.05) is 42.2 Å². The summed E-state index contributed by atoms with van der Waals surface area (Å²) >= 11 is 6.11. The number of rotatable bonds is 4. The number of methoxy groups -OCH3 is 1. The monoisotopic (exact) mass is 410 g/mol. The zero-order chi connectivity index (χ0) is 19.8. The van der Waals surface area contributed by atoms with Crippen LogP contribution in [-0.4, -0.2) is 43.0 Å². The molecule has 6 heteroatoms. The molecule has 0 bridgehead atoms. The molecule has 1 fully saturated rings. The molecule has 3 aromatic rings. The fourth-order valence-corrected chi connectivity index (χ4v) is 4.30. The van der Waals surface area contributed by atoms with Crippen molar-refractivity contribution in [2.75, 3.05) is 27.0 Å². The molecular weight excluding hydrogens is 388 g/mol. The molecule has 0 N–H and O–H groups in total. The van der Waals surface area contributed by atoms with Gasteiger partial charge >= 0.3 is 0 Å². The molecule has 2 aliphatic rings. The lowest BCUT2D eigenvalue weighted by atomic mass is 10.0. The van der Waals surface area contributed by atoms with Crippen LogP contribution in [-0.2, 0) is 11.3 Å². The van der Waals surface area contributed by atoms with Crippen molar-refractivity contribution >= 4 is 22.5 Å². The van der Waals surface area contributed by atoms with Crippen molar-refractivity contribution in [3.8, 4) is 22.8 Å². The normalized spacial score (nSPS) is 19.0. The van der Waals surface area contributed by atoms with Gasteiger partial charge in [-0.1, -0.05) is 23.7 Å². The molecule has 3 heterocycles. The number of fused-ring (bicyclic) bond motifs is 2. The van der Waals surface area contributed by atoms with Gasteiger partial charge in [-0.25, -0.2) is 4.98 Å². The second-order valence-corrected chi connectivity index (χ2v) is 8.07. The maximum absolute atomic E-state index is 6.11. The summed E-state index contributed by atoms with van der Waals surface area (Å²) in [4.78, 5) is 7.47. The van der Waals surface area contributed by atoms with Crippen molar-refractivity contribution in [2.45, 2.75) is 25.5 Å². The Labute approximate surface area is 175 Å². The van der Waals surface area contributed by atoms with Gasteiger partial charge in [0.1, 0.15) is 0 Å². The van der Waals surface area contributed by atoms with Gasteiger partial charge in [-0.2, -0.15) is 0 Å². The first kappa shape index (κ1) is 18.7. The minimum atomic E-state index is 0.259. The van der Waals surface area contributed by atoms with Crippen LogP contribution in [0.4, 0.5) is 0 Å². The average molecular weight is 411 g/mol. The van der Waals surface area contributed by atoms with Gasteiger partial charge in [0.05, 0.1) is 17.3 Å². The maximum atomic E-state index is 6.11. The summed E-state index contributed by atoms with van der Waals surface area (Å²) in [7, 11) is 1.80. The third-order valence-electron chi connectivity index (χ3n) is 5.70. The van der Waals surface area contributed by atoms with Crippen molar-refractivity contribution in [2.24, 2.45) is 0 Å².